The summed E-state index contributed by atoms with van der Waals surface area (Å²) in [4.78, 5) is 10.1. The summed E-state index contributed by atoms with van der Waals surface area (Å²) in [5.74, 6) is 1.12. The van der Waals surface area contributed by atoms with E-state index < -0.39 is 0 Å². The lowest BCUT2D eigenvalue weighted by Gasteiger charge is -2.27. The lowest BCUT2D eigenvalue weighted by Crippen LogP contribution is -2.27. The fourth-order valence-electron chi connectivity index (χ4n) is 3.65. The highest BCUT2D eigenvalue weighted by Crippen LogP contribution is 2.42. The van der Waals surface area contributed by atoms with Crippen molar-refractivity contribution in [2.24, 2.45) is 5.41 Å². The molecule has 2 aliphatic rings. The summed E-state index contributed by atoms with van der Waals surface area (Å²) in [6.45, 7) is 3.57. The topological polar surface area (TPSA) is 31.9 Å². The molecule has 3 heteroatoms. The maximum Gasteiger partial charge on any atom is 0.120 e. The first-order valence-corrected chi connectivity index (χ1v) is 7.07. The number of hydrogen-bond acceptors (Lipinski definition) is 2. The minimum absolute atomic E-state index is 0.656. The molecule has 0 unspecified atom stereocenters. The molecule has 1 aromatic rings. The van der Waals surface area contributed by atoms with Gasteiger partial charge in [0.2, 0.25) is 0 Å². The monoisotopic (exact) mass is 233 g/mol. The van der Waals surface area contributed by atoms with Gasteiger partial charge in [-0.25, -0.2) is 4.98 Å². The molecule has 1 saturated heterocycles. The van der Waals surface area contributed by atoms with Gasteiger partial charge in [0.25, 0.3) is 0 Å². The highest BCUT2D eigenvalue weighted by Gasteiger charge is 2.37. The molecule has 0 aromatic carbocycles. The Bertz CT molecular complexity index is 336. The van der Waals surface area contributed by atoms with Crippen LogP contribution < -0.4 is 0 Å². The molecule has 0 atom stereocenters. The van der Waals surface area contributed by atoms with Crippen LogP contribution in [0.2, 0.25) is 0 Å². The maximum absolute atomic E-state index is 4.33. The molecule has 3 rings (SSSR count). The van der Waals surface area contributed by atoms with Crippen molar-refractivity contribution in [2.75, 3.05) is 13.1 Å². The van der Waals surface area contributed by atoms with Crippen molar-refractivity contribution < 1.29 is 0 Å². The first kappa shape index (κ1) is 11.3. The standard InChI is InChI=1S/C14H23N3/c1-2-4-6-14(5-3-1)7-10-17(12-14)11-13-15-8-9-16-13/h8-9H,1-7,10-12H2,(H,15,16). The van der Waals surface area contributed by atoms with E-state index in [9.17, 15) is 0 Å². The SMILES string of the molecule is c1c[nH]c(CN2CCC3(CCCCCC3)C2)n1. The second-order valence-electron chi connectivity index (χ2n) is 5.91. The molecule has 1 N–H and O–H groups in total. The summed E-state index contributed by atoms with van der Waals surface area (Å²) in [6.07, 6.45) is 13.9. The van der Waals surface area contributed by atoms with Crippen LogP contribution in [0, 0.1) is 5.41 Å². The molecule has 1 aliphatic carbocycles. The number of aromatic amines is 1. The van der Waals surface area contributed by atoms with Crippen molar-refractivity contribution >= 4 is 0 Å². The van der Waals surface area contributed by atoms with E-state index in [-0.39, 0.29) is 0 Å². The molecule has 0 amide bonds. The van der Waals surface area contributed by atoms with E-state index in [2.05, 4.69) is 14.9 Å². The number of H-pyrrole nitrogens is 1. The fraction of sp³-hybridized carbons (Fsp3) is 0.786. The summed E-state index contributed by atoms with van der Waals surface area (Å²) in [5, 5.41) is 0. The number of nitrogens with one attached hydrogen (secondary N) is 1. The van der Waals surface area contributed by atoms with Crippen LogP contribution in [-0.4, -0.2) is 28.0 Å². The molecule has 0 bridgehead atoms. The number of likely N-dealkylation sites (tertiary alicyclic amines) is 1. The smallest absolute Gasteiger partial charge is 0.120 e. The van der Waals surface area contributed by atoms with Gasteiger partial charge in [-0.05, 0) is 31.2 Å². The average Bonchev–Trinajstić information content (AvgIpc) is 2.89. The number of hydrogen-bond donors (Lipinski definition) is 1. The van der Waals surface area contributed by atoms with Gasteiger partial charge in [0.05, 0.1) is 6.54 Å². The van der Waals surface area contributed by atoms with Crippen LogP contribution in [0.15, 0.2) is 12.4 Å². The van der Waals surface area contributed by atoms with Crippen LogP contribution in [0.1, 0.15) is 50.8 Å². The van der Waals surface area contributed by atoms with E-state index in [0.29, 0.717) is 5.41 Å². The van der Waals surface area contributed by atoms with Gasteiger partial charge in [0.1, 0.15) is 5.82 Å². The Hall–Kier alpha value is -0.830. The van der Waals surface area contributed by atoms with Crippen LogP contribution in [-0.2, 0) is 6.54 Å². The number of rotatable bonds is 2. The largest absolute Gasteiger partial charge is 0.348 e. The van der Waals surface area contributed by atoms with E-state index >= 15 is 0 Å². The molecule has 2 fully saturated rings. The first-order valence-electron chi connectivity index (χ1n) is 7.07. The quantitative estimate of drug-likeness (QED) is 0.851. The minimum Gasteiger partial charge on any atom is -0.348 e. The molecule has 1 spiro atoms. The summed E-state index contributed by atoms with van der Waals surface area (Å²) in [5.41, 5.74) is 0.656. The molecular formula is C14H23N3. The van der Waals surface area contributed by atoms with Gasteiger partial charge in [0.15, 0.2) is 0 Å². The van der Waals surface area contributed by atoms with Gasteiger partial charge in [-0.2, -0.15) is 0 Å². The molecule has 2 heterocycles. The number of imidazole rings is 1. The summed E-state index contributed by atoms with van der Waals surface area (Å²) >= 11 is 0. The fourth-order valence-corrected chi connectivity index (χ4v) is 3.65. The van der Waals surface area contributed by atoms with Gasteiger partial charge in [-0.1, -0.05) is 25.7 Å². The molecule has 1 aliphatic heterocycles. The van der Waals surface area contributed by atoms with Crippen LogP contribution in [0.5, 0.6) is 0 Å². The number of nitrogens with zero attached hydrogens (tertiary/aromatic N) is 2. The highest BCUT2D eigenvalue weighted by molar-refractivity contribution is 4.94. The van der Waals surface area contributed by atoms with Crippen molar-refractivity contribution in [3.63, 3.8) is 0 Å². The Morgan fingerprint density at radius 2 is 2.00 bits per heavy atom. The minimum atomic E-state index is 0.656. The molecule has 94 valence electrons. The predicted octanol–water partition coefficient (Wildman–Crippen LogP) is 2.96. The van der Waals surface area contributed by atoms with Crippen LogP contribution >= 0.6 is 0 Å². The highest BCUT2D eigenvalue weighted by atomic mass is 15.2. The van der Waals surface area contributed by atoms with Gasteiger partial charge < -0.3 is 4.98 Å². The van der Waals surface area contributed by atoms with Crippen molar-refractivity contribution in [1.82, 2.24) is 14.9 Å². The zero-order valence-corrected chi connectivity index (χ0v) is 10.6. The van der Waals surface area contributed by atoms with Crippen molar-refractivity contribution in [3.8, 4) is 0 Å². The summed E-state index contributed by atoms with van der Waals surface area (Å²) in [7, 11) is 0. The molecule has 17 heavy (non-hydrogen) atoms. The number of aromatic nitrogens is 2. The van der Waals surface area contributed by atoms with Crippen LogP contribution in [0.3, 0.4) is 0 Å². The Labute approximate surface area is 104 Å². The van der Waals surface area contributed by atoms with Gasteiger partial charge in [-0.15, -0.1) is 0 Å². The second-order valence-corrected chi connectivity index (χ2v) is 5.91. The zero-order valence-electron chi connectivity index (χ0n) is 10.6. The molecule has 1 aromatic heterocycles. The van der Waals surface area contributed by atoms with E-state index in [1.165, 1.54) is 58.0 Å². The third-order valence-electron chi connectivity index (χ3n) is 4.61. The van der Waals surface area contributed by atoms with E-state index in [1.807, 2.05) is 12.4 Å². The lowest BCUT2D eigenvalue weighted by molar-refractivity contribution is 0.222. The van der Waals surface area contributed by atoms with Crippen molar-refractivity contribution in [1.29, 1.82) is 0 Å². The van der Waals surface area contributed by atoms with E-state index in [4.69, 9.17) is 0 Å². The zero-order chi connectivity index (χ0) is 11.6. The predicted molar refractivity (Wildman–Crippen MR) is 68.6 cm³/mol. The third-order valence-corrected chi connectivity index (χ3v) is 4.61. The van der Waals surface area contributed by atoms with Gasteiger partial charge in [-0.3, -0.25) is 4.90 Å². The Balaban J connectivity index is 1.60. The van der Waals surface area contributed by atoms with Gasteiger partial charge >= 0.3 is 0 Å². The lowest BCUT2D eigenvalue weighted by atomic mass is 9.80. The Morgan fingerprint density at radius 3 is 2.71 bits per heavy atom. The van der Waals surface area contributed by atoms with E-state index in [0.717, 1.165) is 12.4 Å². The summed E-state index contributed by atoms with van der Waals surface area (Å²) in [6, 6.07) is 0. The maximum atomic E-state index is 4.33. The Kier molecular flexibility index (Phi) is 3.19. The van der Waals surface area contributed by atoms with Crippen molar-refractivity contribution in [2.45, 2.75) is 51.5 Å². The average molecular weight is 233 g/mol. The Morgan fingerprint density at radius 1 is 1.18 bits per heavy atom. The van der Waals surface area contributed by atoms with Crippen LogP contribution in [0.25, 0.3) is 0 Å². The molecular weight excluding hydrogens is 210 g/mol. The van der Waals surface area contributed by atoms with Crippen molar-refractivity contribution in [3.05, 3.63) is 18.2 Å². The van der Waals surface area contributed by atoms with Gasteiger partial charge in [0, 0.05) is 18.9 Å². The van der Waals surface area contributed by atoms with E-state index in [1.54, 1.807) is 0 Å². The third kappa shape index (κ3) is 2.54. The summed E-state index contributed by atoms with van der Waals surface area (Å²) < 4.78 is 0. The molecule has 1 saturated carbocycles. The normalized spacial score (nSPS) is 25.2. The molecule has 0 radical (unpaired) electrons. The van der Waals surface area contributed by atoms with Crippen LogP contribution in [0.4, 0.5) is 0 Å². The first-order chi connectivity index (χ1) is 8.36. The second kappa shape index (κ2) is 4.81. The molecule has 3 nitrogen and oxygen atoms in total.